The number of phenolic OH excluding ortho intramolecular Hbond substituents is 2. The average molecular weight is 444 g/mol. The highest BCUT2D eigenvalue weighted by atomic mass is 32.1. The number of benzene rings is 2. The first-order valence-electron chi connectivity index (χ1n) is 9.49. The van der Waals surface area contributed by atoms with Crippen LogP contribution >= 0.6 is 11.3 Å². The fourth-order valence-electron chi connectivity index (χ4n) is 2.89. The van der Waals surface area contributed by atoms with E-state index in [1.54, 1.807) is 38.3 Å². The van der Waals surface area contributed by atoms with Crippen LogP contribution in [0.4, 0.5) is 0 Å². The van der Waals surface area contributed by atoms with Crippen LogP contribution in [0.15, 0.2) is 45.8 Å². The Morgan fingerprint density at radius 3 is 2.19 bits per heavy atom. The van der Waals surface area contributed by atoms with E-state index in [1.807, 2.05) is 31.4 Å². The second-order valence-electron chi connectivity index (χ2n) is 6.84. The van der Waals surface area contributed by atoms with Gasteiger partial charge in [0.25, 0.3) is 0 Å². The molecule has 1 heterocycles. The topological polar surface area (TPSA) is 97.8 Å². The third kappa shape index (κ3) is 4.83. The molecule has 0 aliphatic rings. The summed E-state index contributed by atoms with van der Waals surface area (Å²) in [5.74, 6) is 1.17. The van der Waals surface area contributed by atoms with Crippen LogP contribution in [-0.4, -0.2) is 48.5 Å². The molecular weight excluding hydrogens is 418 g/mol. The lowest BCUT2D eigenvalue weighted by Gasteiger charge is -2.14. The number of rotatable bonds is 7. The van der Waals surface area contributed by atoms with Crippen LogP contribution in [0.25, 0.3) is 11.3 Å². The number of methoxy groups -OCH3 is 3. The van der Waals surface area contributed by atoms with E-state index in [-0.39, 0.29) is 17.5 Å². The Morgan fingerprint density at radius 2 is 1.65 bits per heavy atom. The van der Waals surface area contributed by atoms with Gasteiger partial charge in [0.1, 0.15) is 0 Å². The summed E-state index contributed by atoms with van der Waals surface area (Å²) in [6.07, 6.45) is 1.59. The molecule has 0 atom stereocenters. The van der Waals surface area contributed by atoms with Crippen molar-refractivity contribution in [3.8, 4) is 40.0 Å². The summed E-state index contributed by atoms with van der Waals surface area (Å²) in [6.45, 7) is 3.98. The zero-order chi connectivity index (χ0) is 22.5. The van der Waals surface area contributed by atoms with Gasteiger partial charge in [-0.15, -0.1) is 11.3 Å². The molecule has 8 nitrogen and oxygen atoms in total. The second kappa shape index (κ2) is 9.57. The molecule has 3 aromatic rings. The van der Waals surface area contributed by atoms with Gasteiger partial charge < -0.3 is 24.4 Å². The zero-order valence-corrected chi connectivity index (χ0v) is 18.8. The molecule has 31 heavy (non-hydrogen) atoms. The van der Waals surface area contributed by atoms with Crippen molar-refractivity contribution in [2.75, 3.05) is 21.3 Å². The van der Waals surface area contributed by atoms with Crippen molar-refractivity contribution < 1.29 is 24.4 Å². The quantitative estimate of drug-likeness (QED) is 0.427. The van der Waals surface area contributed by atoms with Crippen molar-refractivity contribution in [3.05, 3.63) is 46.1 Å². The molecule has 0 bridgehead atoms. The number of hydrogen-bond acceptors (Lipinski definition) is 8. The predicted octanol–water partition coefficient (Wildman–Crippen LogP) is 3.84. The summed E-state index contributed by atoms with van der Waals surface area (Å²) in [5.41, 5.74) is 2.21. The molecule has 9 heteroatoms. The van der Waals surface area contributed by atoms with Crippen LogP contribution in [0, 0.1) is 0 Å². The van der Waals surface area contributed by atoms with Crippen molar-refractivity contribution in [2.45, 2.75) is 19.9 Å². The summed E-state index contributed by atoms with van der Waals surface area (Å²) >= 11 is 1.46. The van der Waals surface area contributed by atoms with Crippen LogP contribution in [-0.2, 0) is 0 Å². The zero-order valence-electron chi connectivity index (χ0n) is 18.0. The Kier molecular flexibility index (Phi) is 6.86. The maximum absolute atomic E-state index is 9.75. The van der Waals surface area contributed by atoms with Gasteiger partial charge >= 0.3 is 0 Å². The standard InChI is InChI=1S/C22H25N3O5S/c1-13(2)24-22-25(23-11-14-6-7-17(26)18(27)8-14)16(12-31-22)15-9-19(28-3)21(30-5)20(10-15)29-4/h6-13,26-27H,1-5H3. The smallest absolute Gasteiger partial charge is 0.206 e. The molecule has 164 valence electrons. The lowest BCUT2D eigenvalue weighted by molar-refractivity contribution is 0.324. The highest BCUT2D eigenvalue weighted by molar-refractivity contribution is 7.07. The molecule has 2 aromatic carbocycles. The Morgan fingerprint density at radius 1 is 0.968 bits per heavy atom. The molecule has 0 amide bonds. The van der Waals surface area contributed by atoms with Gasteiger partial charge in [-0.25, -0.2) is 4.68 Å². The Labute approximate surface area is 184 Å². The fourth-order valence-corrected chi connectivity index (χ4v) is 3.86. The number of aromatic hydroxyl groups is 2. The first-order valence-corrected chi connectivity index (χ1v) is 10.4. The van der Waals surface area contributed by atoms with E-state index in [9.17, 15) is 10.2 Å². The van der Waals surface area contributed by atoms with E-state index in [4.69, 9.17) is 14.2 Å². The van der Waals surface area contributed by atoms with Gasteiger partial charge in [-0.2, -0.15) is 5.10 Å². The molecule has 3 rings (SSSR count). The average Bonchev–Trinajstić information content (AvgIpc) is 3.15. The van der Waals surface area contributed by atoms with Crippen LogP contribution in [0.2, 0.25) is 0 Å². The first kappa shape index (κ1) is 22.2. The van der Waals surface area contributed by atoms with Crippen LogP contribution in [0.3, 0.4) is 0 Å². The van der Waals surface area contributed by atoms with Gasteiger partial charge in [-0.05, 0) is 49.7 Å². The molecule has 1 aromatic heterocycles. The molecule has 0 aliphatic carbocycles. The van der Waals surface area contributed by atoms with Crippen molar-refractivity contribution in [2.24, 2.45) is 10.1 Å². The summed E-state index contributed by atoms with van der Waals surface area (Å²) in [5, 5.41) is 25.8. The van der Waals surface area contributed by atoms with Crippen LogP contribution in [0.1, 0.15) is 19.4 Å². The summed E-state index contributed by atoms with van der Waals surface area (Å²) in [6, 6.07) is 8.27. The number of phenols is 2. The minimum atomic E-state index is -0.212. The van der Waals surface area contributed by atoms with Crippen molar-refractivity contribution in [1.82, 2.24) is 4.68 Å². The molecular formula is C22H25N3O5S. The predicted molar refractivity (Wildman–Crippen MR) is 121 cm³/mol. The van der Waals surface area contributed by atoms with Crippen molar-refractivity contribution in [3.63, 3.8) is 0 Å². The third-order valence-electron chi connectivity index (χ3n) is 4.34. The molecule has 0 fully saturated rings. The SMILES string of the molecule is COc1cc(-c2csc(=NC(C)C)n2N=Cc2ccc(O)c(O)c2)cc(OC)c1OC. The summed E-state index contributed by atoms with van der Waals surface area (Å²) in [4.78, 5) is 5.37. The number of hydrogen-bond donors (Lipinski definition) is 2. The largest absolute Gasteiger partial charge is 0.504 e. The number of nitrogens with zero attached hydrogens (tertiary/aromatic N) is 3. The molecule has 0 unspecified atom stereocenters. The van der Waals surface area contributed by atoms with E-state index in [1.165, 1.54) is 23.5 Å². The Hall–Kier alpha value is -3.46. The summed E-state index contributed by atoms with van der Waals surface area (Å²) in [7, 11) is 4.69. The van der Waals surface area contributed by atoms with Crippen molar-refractivity contribution in [1.29, 1.82) is 0 Å². The van der Waals surface area contributed by atoms with E-state index in [0.29, 0.717) is 27.6 Å². The van der Waals surface area contributed by atoms with E-state index < -0.39 is 0 Å². The molecule has 0 spiro atoms. The molecule has 0 aliphatic heterocycles. The van der Waals surface area contributed by atoms with E-state index in [2.05, 4.69) is 10.1 Å². The van der Waals surface area contributed by atoms with Gasteiger partial charge in [0.2, 0.25) is 10.6 Å². The van der Waals surface area contributed by atoms with Gasteiger partial charge in [-0.3, -0.25) is 4.99 Å². The molecule has 0 saturated carbocycles. The van der Waals surface area contributed by atoms with E-state index in [0.717, 1.165) is 11.3 Å². The van der Waals surface area contributed by atoms with E-state index >= 15 is 0 Å². The van der Waals surface area contributed by atoms with Gasteiger partial charge in [-0.1, -0.05) is 0 Å². The molecule has 2 N–H and O–H groups in total. The molecule has 0 radical (unpaired) electrons. The third-order valence-corrected chi connectivity index (χ3v) is 5.17. The minimum absolute atomic E-state index is 0.0746. The van der Waals surface area contributed by atoms with Gasteiger partial charge in [0.05, 0.1) is 33.2 Å². The monoisotopic (exact) mass is 443 g/mol. The minimum Gasteiger partial charge on any atom is -0.504 e. The second-order valence-corrected chi connectivity index (χ2v) is 7.68. The van der Waals surface area contributed by atoms with Gasteiger partial charge in [0.15, 0.2) is 23.0 Å². The van der Waals surface area contributed by atoms with Crippen LogP contribution < -0.4 is 19.0 Å². The number of aromatic nitrogens is 1. The highest BCUT2D eigenvalue weighted by Crippen LogP contribution is 2.41. The highest BCUT2D eigenvalue weighted by Gasteiger charge is 2.17. The maximum atomic E-state index is 9.75. The normalized spacial score (nSPS) is 12.0. The maximum Gasteiger partial charge on any atom is 0.206 e. The van der Waals surface area contributed by atoms with Crippen molar-refractivity contribution >= 4 is 17.6 Å². The Balaban J connectivity index is 2.17. The number of ether oxygens (including phenoxy) is 3. The van der Waals surface area contributed by atoms with Gasteiger partial charge in [0, 0.05) is 17.0 Å². The Bertz CT molecular complexity index is 1140. The lowest BCUT2D eigenvalue weighted by atomic mass is 10.1. The number of thiazole rings is 1. The summed E-state index contributed by atoms with van der Waals surface area (Å²) < 4.78 is 18.1. The van der Waals surface area contributed by atoms with Crippen LogP contribution in [0.5, 0.6) is 28.7 Å². The fraction of sp³-hybridized carbons (Fsp3) is 0.273. The lowest BCUT2D eigenvalue weighted by Crippen LogP contribution is -2.14. The molecule has 0 saturated heterocycles. The first-order chi connectivity index (χ1) is 14.9.